The number of amides is 1. The molecular formula is C22H28N2O5S. The largest absolute Gasteiger partial charge is 0.494 e. The summed E-state index contributed by atoms with van der Waals surface area (Å²) in [5.41, 5.74) is 7.52. The Hall–Kier alpha value is -2.71. The Bertz CT molecular complexity index is 905. The minimum absolute atomic E-state index is 0.194. The normalized spacial score (nSPS) is 11.6. The summed E-state index contributed by atoms with van der Waals surface area (Å²) in [6.07, 6.45) is 2.02. The number of carbonyl (C=O) groups is 3. The first-order valence-corrected chi connectivity index (χ1v) is 10.6. The van der Waals surface area contributed by atoms with E-state index in [2.05, 4.69) is 12.2 Å². The monoisotopic (exact) mass is 432 g/mol. The lowest BCUT2D eigenvalue weighted by molar-refractivity contribution is -0.142. The van der Waals surface area contributed by atoms with Crippen LogP contribution in [-0.4, -0.2) is 36.9 Å². The Morgan fingerprint density at radius 2 is 1.83 bits per heavy atom. The van der Waals surface area contributed by atoms with Crippen molar-refractivity contribution in [1.82, 2.24) is 0 Å². The fourth-order valence-corrected chi connectivity index (χ4v) is 3.72. The Balaban J connectivity index is 2.18. The molecule has 162 valence electrons. The van der Waals surface area contributed by atoms with E-state index in [1.165, 1.54) is 18.3 Å². The minimum atomic E-state index is -1.03. The molecule has 1 aromatic carbocycles. The van der Waals surface area contributed by atoms with Gasteiger partial charge in [0.1, 0.15) is 23.4 Å². The zero-order valence-corrected chi connectivity index (χ0v) is 18.6. The number of aryl methyl sites for hydroxylation is 1. The van der Waals surface area contributed by atoms with Crippen LogP contribution in [0.15, 0.2) is 24.3 Å². The molecular weight excluding hydrogens is 404 g/mol. The predicted octanol–water partition coefficient (Wildman–Crippen LogP) is 3.60. The second-order valence-electron chi connectivity index (χ2n) is 6.94. The van der Waals surface area contributed by atoms with Gasteiger partial charge in [0.25, 0.3) is 0 Å². The molecule has 2 rings (SSSR count). The van der Waals surface area contributed by atoms with Crippen molar-refractivity contribution >= 4 is 34.0 Å². The van der Waals surface area contributed by atoms with Crippen molar-refractivity contribution < 1.29 is 23.9 Å². The van der Waals surface area contributed by atoms with Gasteiger partial charge in [-0.15, -0.1) is 11.3 Å². The Labute approximate surface area is 180 Å². The van der Waals surface area contributed by atoms with Crippen LogP contribution in [0, 0.1) is 13.8 Å². The third-order valence-electron chi connectivity index (χ3n) is 4.54. The van der Waals surface area contributed by atoms with Crippen LogP contribution in [0.5, 0.6) is 5.75 Å². The number of esters is 1. The molecule has 1 aromatic heterocycles. The Morgan fingerprint density at radius 3 is 2.43 bits per heavy atom. The number of ketones is 1. The average Bonchev–Trinajstić information content (AvgIpc) is 2.99. The van der Waals surface area contributed by atoms with Crippen LogP contribution in [0.1, 0.15) is 53.1 Å². The molecule has 0 aliphatic rings. The first-order chi connectivity index (χ1) is 14.2. The van der Waals surface area contributed by atoms with Gasteiger partial charge in [0.15, 0.2) is 5.78 Å². The quantitative estimate of drug-likeness (QED) is 0.337. The number of hydrogen-bond acceptors (Lipinski definition) is 7. The van der Waals surface area contributed by atoms with E-state index in [-0.39, 0.29) is 12.4 Å². The highest BCUT2D eigenvalue weighted by atomic mass is 32.1. The highest BCUT2D eigenvalue weighted by Gasteiger charge is 2.24. The van der Waals surface area contributed by atoms with E-state index < -0.39 is 17.9 Å². The van der Waals surface area contributed by atoms with Crippen LogP contribution >= 0.6 is 11.3 Å². The number of carbonyl (C=O) groups excluding carboxylic acids is 3. The molecule has 1 heterocycles. The van der Waals surface area contributed by atoms with Crippen molar-refractivity contribution in [3.05, 3.63) is 45.8 Å². The van der Waals surface area contributed by atoms with Gasteiger partial charge in [0, 0.05) is 17.4 Å². The van der Waals surface area contributed by atoms with Crippen LogP contribution in [0.25, 0.3) is 0 Å². The summed E-state index contributed by atoms with van der Waals surface area (Å²) >= 11 is 1.31. The first kappa shape index (κ1) is 23.6. The van der Waals surface area contributed by atoms with E-state index >= 15 is 0 Å². The third-order valence-corrected chi connectivity index (χ3v) is 5.66. The summed E-state index contributed by atoms with van der Waals surface area (Å²) < 4.78 is 10.4. The number of anilines is 1. The van der Waals surface area contributed by atoms with Gasteiger partial charge in [-0.1, -0.05) is 13.3 Å². The second kappa shape index (κ2) is 10.9. The molecule has 7 nitrogen and oxygen atoms in total. The van der Waals surface area contributed by atoms with Crippen LogP contribution in [-0.2, 0) is 14.3 Å². The molecule has 0 saturated carbocycles. The number of thiophene rings is 1. The lowest BCUT2D eigenvalue weighted by Gasteiger charge is -2.12. The van der Waals surface area contributed by atoms with E-state index in [9.17, 15) is 14.4 Å². The van der Waals surface area contributed by atoms with E-state index in [0.29, 0.717) is 28.5 Å². The molecule has 1 atom stereocenters. The topological polar surface area (TPSA) is 108 Å². The van der Waals surface area contributed by atoms with Gasteiger partial charge in [-0.2, -0.15) is 0 Å². The highest BCUT2D eigenvalue weighted by molar-refractivity contribution is 7.16. The Kier molecular flexibility index (Phi) is 8.56. The molecule has 8 heteroatoms. The maximum atomic E-state index is 13.2. The standard InChI is InChI=1S/C22H28N2O5S/c1-5-6-11-28-17-9-7-16(8-10-17)20(26)19-13(2)14(3)30-22(19)24-21(27)18(23)12-29-15(4)25/h7-10,18H,5-6,11-12,23H2,1-4H3,(H,24,27)/t18-/m0/s1. The summed E-state index contributed by atoms with van der Waals surface area (Å²) in [7, 11) is 0. The maximum absolute atomic E-state index is 13.2. The molecule has 0 aliphatic heterocycles. The van der Waals surface area contributed by atoms with E-state index in [0.717, 1.165) is 23.3 Å². The number of benzene rings is 1. The van der Waals surface area contributed by atoms with Gasteiger partial charge < -0.3 is 20.5 Å². The van der Waals surface area contributed by atoms with Gasteiger partial charge in [0.05, 0.1) is 12.2 Å². The second-order valence-corrected chi connectivity index (χ2v) is 8.17. The van der Waals surface area contributed by atoms with E-state index in [1.807, 2.05) is 13.8 Å². The molecule has 0 unspecified atom stereocenters. The zero-order valence-electron chi connectivity index (χ0n) is 17.7. The fourth-order valence-electron chi connectivity index (χ4n) is 2.66. The number of ether oxygens (including phenoxy) is 2. The van der Waals surface area contributed by atoms with Crippen LogP contribution in [0.4, 0.5) is 5.00 Å². The van der Waals surface area contributed by atoms with Gasteiger partial charge in [-0.3, -0.25) is 14.4 Å². The smallest absolute Gasteiger partial charge is 0.302 e. The molecule has 30 heavy (non-hydrogen) atoms. The number of rotatable bonds is 10. The summed E-state index contributed by atoms with van der Waals surface area (Å²) in [4.78, 5) is 37.4. The van der Waals surface area contributed by atoms with E-state index in [4.69, 9.17) is 15.2 Å². The van der Waals surface area contributed by atoms with E-state index in [1.54, 1.807) is 24.3 Å². The molecule has 0 spiro atoms. The van der Waals surface area contributed by atoms with Gasteiger partial charge in [0.2, 0.25) is 5.91 Å². The fraction of sp³-hybridized carbons (Fsp3) is 0.409. The van der Waals surface area contributed by atoms with Gasteiger partial charge in [-0.05, 0) is 50.1 Å². The molecule has 0 radical (unpaired) electrons. The Morgan fingerprint density at radius 1 is 1.17 bits per heavy atom. The van der Waals surface area contributed by atoms with Crippen LogP contribution in [0.2, 0.25) is 0 Å². The zero-order chi connectivity index (χ0) is 22.3. The molecule has 0 saturated heterocycles. The SMILES string of the molecule is CCCCOc1ccc(C(=O)c2c(NC(=O)[C@@H](N)COC(C)=O)sc(C)c2C)cc1. The van der Waals surface area contributed by atoms with Crippen molar-refractivity contribution in [3.8, 4) is 5.75 Å². The first-order valence-electron chi connectivity index (χ1n) is 9.81. The van der Waals surface area contributed by atoms with Crippen molar-refractivity contribution in [2.45, 2.75) is 46.6 Å². The molecule has 3 N–H and O–H groups in total. The van der Waals surface area contributed by atoms with Crippen molar-refractivity contribution in [2.24, 2.45) is 5.73 Å². The molecule has 1 amide bonds. The minimum Gasteiger partial charge on any atom is -0.494 e. The van der Waals surface area contributed by atoms with Crippen molar-refractivity contribution in [1.29, 1.82) is 0 Å². The van der Waals surface area contributed by atoms with Crippen LogP contribution in [0.3, 0.4) is 0 Å². The molecule has 2 aromatic rings. The molecule has 0 fully saturated rings. The van der Waals surface area contributed by atoms with Crippen molar-refractivity contribution in [2.75, 3.05) is 18.5 Å². The maximum Gasteiger partial charge on any atom is 0.302 e. The number of unbranched alkanes of at least 4 members (excludes halogenated alkanes) is 1. The summed E-state index contributed by atoms with van der Waals surface area (Å²) in [5, 5.41) is 3.14. The van der Waals surface area contributed by atoms with Crippen molar-refractivity contribution in [3.63, 3.8) is 0 Å². The molecule has 0 bridgehead atoms. The molecule has 0 aliphatic carbocycles. The summed E-state index contributed by atoms with van der Waals surface area (Å²) in [6.45, 7) is 7.47. The predicted molar refractivity (Wildman–Crippen MR) is 117 cm³/mol. The lowest BCUT2D eigenvalue weighted by Crippen LogP contribution is -2.40. The number of nitrogens with two attached hydrogens (primary N) is 1. The van der Waals surface area contributed by atoms with Crippen LogP contribution < -0.4 is 15.8 Å². The summed E-state index contributed by atoms with van der Waals surface area (Å²) in [6, 6.07) is 5.94. The number of nitrogens with one attached hydrogen (secondary N) is 1. The summed E-state index contributed by atoms with van der Waals surface area (Å²) in [5.74, 6) is -0.519. The highest BCUT2D eigenvalue weighted by Crippen LogP contribution is 2.34. The van der Waals surface area contributed by atoms with Gasteiger partial charge in [-0.25, -0.2) is 0 Å². The number of hydrogen-bond donors (Lipinski definition) is 2. The average molecular weight is 433 g/mol. The van der Waals surface area contributed by atoms with Gasteiger partial charge >= 0.3 is 5.97 Å². The lowest BCUT2D eigenvalue weighted by atomic mass is 10.0. The third kappa shape index (κ3) is 6.14.